The van der Waals surface area contributed by atoms with E-state index in [-0.39, 0.29) is 17.6 Å². The summed E-state index contributed by atoms with van der Waals surface area (Å²) in [6.45, 7) is 10.1. The maximum atomic E-state index is 10.1. The Morgan fingerprint density at radius 1 is 1.15 bits per heavy atom. The number of aliphatic hydroxyl groups is 1. The summed E-state index contributed by atoms with van der Waals surface area (Å²) in [6.07, 6.45) is 1.39. The Bertz CT molecular complexity index is 419. The van der Waals surface area contributed by atoms with Gasteiger partial charge in [0.2, 0.25) is 0 Å². The Balaban J connectivity index is 2.73. The second-order valence-electron chi connectivity index (χ2n) is 6.57. The highest BCUT2D eigenvalue weighted by molar-refractivity contribution is 5.43. The summed E-state index contributed by atoms with van der Waals surface area (Å²) in [5.41, 5.74) is 1.08. The van der Waals surface area contributed by atoms with Crippen LogP contribution in [0.1, 0.15) is 46.6 Å². The van der Waals surface area contributed by atoms with Gasteiger partial charge in [-0.15, -0.1) is 0 Å². The van der Waals surface area contributed by atoms with Crippen molar-refractivity contribution in [3.05, 3.63) is 23.8 Å². The second-order valence-corrected chi connectivity index (χ2v) is 6.57. The monoisotopic (exact) mass is 280 g/mol. The van der Waals surface area contributed by atoms with E-state index in [0.717, 1.165) is 29.9 Å². The number of aliphatic hydroxyl groups excluding tert-OH is 1. The van der Waals surface area contributed by atoms with E-state index in [4.69, 9.17) is 9.47 Å². The van der Waals surface area contributed by atoms with Gasteiger partial charge in [0.15, 0.2) is 11.5 Å². The topological polar surface area (TPSA) is 38.7 Å². The summed E-state index contributed by atoms with van der Waals surface area (Å²) in [5, 5.41) is 10.1. The van der Waals surface area contributed by atoms with Crippen molar-refractivity contribution >= 4 is 0 Å². The quantitative estimate of drug-likeness (QED) is 0.861. The minimum atomic E-state index is -0.305. The van der Waals surface area contributed by atoms with Gasteiger partial charge >= 0.3 is 0 Å². The lowest BCUT2D eigenvalue weighted by molar-refractivity contribution is 0.0560. The molecule has 0 aromatic heterocycles. The lowest BCUT2D eigenvalue weighted by Gasteiger charge is -2.25. The molecule has 0 aliphatic heterocycles. The molecule has 0 spiro atoms. The molecule has 1 aromatic carbocycles. The van der Waals surface area contributed by atoms with E-state index in [0.29, 0.717) is 0 Å². The number of hydrogen-bond donors (Lipinski definition) is 1. The van der Waals surface area contributed by atoms with Gasteiger partial charge < -0.3 is 14.6 Å². The van der Waals surface area contributed by atoms with Crippen LogP contribution in [0.3, 0.4) is 0 Å². The zero-order chi connectivity index (χ0) is 15.3. The second kappa shape index (κ2) is 6.98. The van der Waals surface area contributed by atoms with Crippen LogP contribution in [0.4, 0.5) is 0 Å². The largest absolute Gasteiger partial charge is 0.493 e. The maximum Gasteiger partial charge on any atom is 0.161 e. The Morgan fingerprint density at radius 2 is 1.80 bits per heavy atom. The van der Waals surface area contributed by atoms with E-state index in [2.05, 4.69) is 20.8 Å². The summed E-state index contributed by atoms with van der Waals surface area (Å²) < 4.78 is 11.1. The van der Waals surface area contributed by atoms with Crippen LogP contribution < -0.4 is 9.47 Å². The average Bonchev–Trinajstić information content (AvgIpc) is 2.35. The van der Waals surface area contributed by atoms with Gasteiger partial charge in [0.25, 0.3) is 0 Å². The van der Waals surface area contributed by atoms with Gasteiger partial charge in [0.05, 0.1) is 19.3 Å². The minimum Gasteiger partial charge on any atom is -0.493 e. The van der Waals surface area contributed by atoms with Crippen LogP contribution in [0.5, 0.6) is 11.5 Å². The van der Waals surface area contributed by atoms with Gasteiger partial charge in [-0.3, -0.25) is 0 Å². The molecule has 114 valence electrons. The van der Waals surface area contributed by atoms with Gasteiger partial charge in [0.1, 0.15) is 0 Å². The van der Waals surface area contributed by atoms with Gasteiger partial charge in [-0.25, -0.2) is 0 Å². The van der Waals surface area contributed by atoms with Crippen LogP contribution >= 0.6 is 0 Å². The maximum absolute atomic E-state index is 10.1. The summed E-state index contributed by atoms with van der Waals surface area (Å²) in [7, 11) is 1.65. The summed E-state index contributed by atoms with van der Waals surface area (Å²) in [4.78, 5) is 0. The Labute approximate surface area is 122 Å². The molecule has 0 aliphatic carbocycles. The van der Waals surface area contributed by atoms with E-state index >= 15 is 0 Å². The molecule has 0 saturated carbocycles. The van der Waals surface area contributed by atoms with Crippen molar-refractivity contribution in [1.82, 2.24) is 0 Å². The van der Waals surface area contributed by atoms with Crippen molar-refractivity contribution in [1.29, 1.82) is 0 Å². The number of rotatable bonds is 6. The van der Waals surface area contributed by atoms with E-state index in [9.17, 15) is 5.11 Å². The highest BCUT2D eigenvalue weighted by Gasteiger charge is 2.21. The lowest BCUT2D eigenvalue weighted by Crippen LogP contribution is -2.26. The van der Waals surface area contributed by atoms with Crippen molar-refractivity contribution in [2.75, 3.05) is 7.11 Å². The Morgan fingerprint density at radius 3 is 2.30 bits per heavy atom. The predicted molar refractivity (Wildman–Crippen MR) is 82.5 cm³/mol. The molecule has 0 bridgehead atoms. The van der Waals surface area contributed by atoms with E-state index < -0.39 is 0 Å². The average molecular weight is 280 g/mol. The predicted octanol–water partition coefficient (Wildman–Crippen LogP) is 3.82. The van der Waals surface area contributed by atoms with Crippen LogP contribution in [0.2, 0.25) is 0 Å². The molecule has 0 amide bonds. The number of aryl methyl sites for hydroxylation is 1. The first-order valence-electron chi connectivity index (χ1n) is 7.25. The van der Waals surface area contributed by atoms with Crippen molar-refractivity contribution < 1.29 is 14.6 Å². The first kappa shape index (κ1) is 16.8. The number of hydrogen-bond acceptors (Lipinski definition) is 3. The van der Waals surface area contributed by atoms with Gasteiger partial charge in [-0.05, 0) is 49.8 Å². The van der Waals surface area contributed by atoms with Crippen LogP contribution in [0.25, 0.3) is 0 Å². The zero-order valence-corrected chi connectivity index (χ0v) is 13.6. The van der Waals surface area contributed by atoms with Crippen LogP contribution in [0.15, 0.2) is 18.2 Å². The number of methoxy groups -OCH3 is 1. The fourth-order valence-electron chi connectivity index (χ4n) is 1.96. The molecular weight excluding hydrogens is 252 g/mol. The van der Waals surface area contributed by atoms with E-state index in [1.807, 2.05) is 32.0 Å². The third-order valence-electron chi connectivity index (χ3n) is 3.30. The first-order valence-corrected chi connectivity index (χ1v) is 7.25. The van der Waals surface area contributed by atoms with E-state index in [1.165, 1.54) is 0 Å². The molecule has 3 nitrogen and oxygen atoms in total. The molecule has 1 rings (SSSR count). The zero-order valence-electron chi connectivity index (χ0n) is 13.6. The van der Waals surface area contributed by atoms with Crippen molar-refractivity contribution in [3.8, 4) is 11.5 Å². The van der Waals surface area contributed by atoms with Gasteiger partial charge in [-0.2, -0.15) is 0 Å². The highest BCUT2D eigenvalue weighted by atomic mass is 16.5. The lowest BCUT2D eigenvalue weighted by atomic mass is 9.86. The molecule has 1 atom stereocenters. The summed E-state index contributed by atoms with van der Waals surface area (Å²) >= 11 is 0. The molecular formula is C17H28O3. The molecule has 0 heterocycles. The molecule has 1 aromatic rings. The molecule has 0 fully saturated rings. The van der Waals surface area contributed by atoms with Crippen molar-refractivity contribution in [2.24, 2.45) is 5.41 Å². The Kier molecular flexibility index (Phi) is 5.88. The van der Waals surface area contributed by atoms with Crippen molar-refractivity contribution in [2.45, 2.75) is 59.7 Å². The fourth-order valence-corrected chi connectivity index (χ4v) is 1.96. The normalized spacial score (nSPS) is 13.4. The van der Waals surface area contributed by atoms with Crippen molar-refractivity contribution in [3.63, 3.8) is 0 Å². The van der Waals surface area contributed by atoms with Crippen LogP contribution in [-0.4, -0.2) is 24.4 Å². The third-order valence-corrected chi connectivity index (χ3v) is 3.30. The summed E-state index contributed by atoms with van der Waals surface area (Å²) in [5.74, 6) is 1.52. The van der Waals surface area contributed by atoms with Gasteiger partial charge in [0, 0.05) is 0 Å². The molecule has 1 unspecified atom stereocenters. The molecule has 0 aliphatic rings. The Hall–Kier alpha value is -1.22. The highest BCUT2D eigenvalue weighted by Crippen LogP contribution is 2.30. The van der Waals surface area contributed by atoms with Gasteiger partial charge in [-0.1, -0.05) is 26.8 Å². The third kappa shape index (κ3) is 5.04. The minimum absolute atomic E-state index is 0.0786. The standard InChI is InChI=1S/C17H28O3/c1-12(2)20-14-9-7-13(11-15(14)19-6)8-10-16(18)17(3,4)5/h7,9,11-12,16,18H,8,10H2,1-6H3. The molecule has 0 radical (unpaired) electrons. The molecule has 20 heavy (non-hydrogen) atoms. The fraction of sp³-hybridized carbons (Fsp3) is 0.647. The summed E-state index contributed by atoms with van der Waals surface area (Å²) in [6, 6.07) is 5.97. The SMILES string of the molecule is COc1cc(CCC(O)C(C)(C)C)ccc1OC(C)C. The molecule has 1 N–H and O–H groups in total. The van der Waals surface area contributed by atoms with Crippen LogP contribution in [-0.2, 0) is 6.42 Å². The molecule has 3 heteroatoms. The van der Waals surface area contributed by atoms with E-state index in [1.54, 1.807) is 7.11 Å². The first-order chi connectivity index (χ1) is 9.24. The number of benzene rings is 1. The van der Waals surface area contributed by atoms with Crippen LogP contribution in [0, 0.1) is 5.41 Å². The molecule has 0 saturated heterocycles. The number of ether oxygens (including phenoxy) is 2. The smallest absolute Gasteiger partial charge is 0.161 e.